The van der Waals surface area contributed by atoms with Gasteiger partial charge in [0, 0.05) is 30.1 Å². The fraction of sp³-hybridized carbons (Fsp3) is 0.429. The van der Waals surface area contributed by atoms with E-state index in [1.54, 1.807) is 6.33 Å². The highest BCUT2D eigenvalue weighted by Gasteiger charge is 2.37. The van der Waals surface area contributed by atoms with Gasteiger partial charge in [0.05, 0.1) is 13.2 Å². The third kappa shape index (κ3) is 1.86. The second kappa shape index (κ2) is 4.15. The number of hydrogen-bond donors (Lipinski definition) is 1. The Kier molecular flexibility index (Phi) is 2.43. The number of nitrogens with zero attached hydrogens (tertiary/aromatic N) is 2. The van der Waals surface area contributed by atoms with Gasteiger partial charge in [-0.2, -0.15) is 0 Å². The van der Waals surface area contributed by atoms with E-state index in [9.17, 15) is 0 Å². The van der Waals surface area contributed by atoms with Gasteiger partial charge >= 0.3 is 0 Å². The van der Waals surface area contributed by atoms with Gasteiger partial charge in [-0.05, 0) is 18.1 Å². The SMILES string of the molecule is C1=C(c2cc3cncnc3[nH]2)CCC2(C1)OCCO2. The summed E-state index contributed by atoms with van der Waals surface area (Å²) in [6.45, 7) is 1.43. The lowest BCUT2D eigenvalue weighted by atomic mass is 9.92. The minimum absolute atomic E-state index is 0.352. The quantitative estimate of drug-likeness (QED) is 0.851. The van der Waals surface area contributed by atoms with Crippen molar-refractivity contribution >= 4 is 16.6 Å². The van der Waals surface area contributed by atoms with Crippen LogP contribution in [0.1, 0.15) is 25.0 Å². The maximum absolute atomic E-state index is 5.73. The number of aromatic amines is 1. The molecule has 0 aromatic carbocycles. The van der Waals surface area contributed by atoms with Crippen molar-refractivity contribution in [3.63, 3.8) is 0 Å². The number of ether oxygens (including phenoxy) is 2. The molecule has 0 bridgehead atoms. The van der Waals surface area contributed by atoms with Gasteiger partial charge in [0.2, 0.25) is 0 Å². The molecule has 98 valence electrons. The minimum Gasteiger partial charge on any atom is -0.347 e. The Hall–Kier alpha value is -1.72. The molecule has 5 heteroatoms. The molecule has 0 unspecified atom stereocenters. The first kappa shape index (κ1) is 11.1. The van der Waals surface area contributed by atoms with Crippen molar-refractivity contribution in [2.75, 3.05) is 13.2 Å². The van der Waals surface area contributed by atoms with Crippen LogP contribution in [0.5, 0.6) is 0 Å². The molecule has 1 N–H and O–H groups in total. The lowest BCUT2D eigenvalue weighted by Crippen LogP contribution is -2.31. The van der Waals surface area contributed by atoms with Crippen LogP contribution in [0.4, 0.5) is 0 Å². The fourth-order valence-electron chi connectivity index (χ4n) is 2.85. The van der Waals surface area contributed by atoms with E-state index in [4.69, 9.17) is 9.47 Å². The number of H-pyrrole nitrogens is 1. The summed E-state index contributed by atoms with van der Waals surface area (Å²) >= 11 is 0. The van der Waals surface area contributed by atoms with Crippen LogP contribution < -0.4 is 0 Å². The normalized spacial score (nSPS) is 22.0. The van der Waals surface area contributed by atoms with Gasteiger partial charge in [0.15, 0.2) is 5.79 Å². The topological polar surface area (TPSA) is 60.0 Å². The molecule has 1 aliphatic carbocycles. The second-order valence-corrected chi connectivity index (χ2v) is 5.05. The largest absolute Gasteiger partial charge is 0.347 e. The molecule has 1 fully saturated rings. The van der Waals surface area contributed by atoms with E-state index < -0.39 is 0 Å². The Morgan fingerprint density at radius 3 is 2.89 bits per heavy atom. The van der Waals surface area contributed by atoms with Crippen molar-refractivity contribution in [1.29, 1.82) is 0 Å². The average Bonchev–Trinajstić information content (AvgIpc) is 3.06. The van der Waals surface area contributed by atoms with E-state index in [0.717, 1.165) is 36.0 Å². The summed E-state index contributed by atoms with van der Waals surface area (Å²) in [5, 5.41) is 1.05. The smallest absolute Gasteiger partial charge is 0.172 e. The molecule has 0 saturated carbocycles. The van der Waals surface area contributed by atoms with Crippen molar-refractivity contribution in [2.24, 2.45) is 0 Å². The van der Waals surface area contributed by atoms with Crippen LogP contribution in [0.2, 0.25) is 0 Å². The van der Waals surface area contributed by atoms with E-state index >= 15 is 0 Å². The summed E-state index contributed by atoms with van der Waals surface area (Å²) in [7, 11) is 0. The highest BCUT2D eigenvalue weighted by atomic mass is 16.7. The maximum atomic E-state index is 5.73. The molecule has 2 aliphatic rings. The van der Waals surface area contributed by atoms with Crippen LogP contribution in [0, 0.1) is 0 Å². The zero-order chi connectivity index (χ0) is 12.7. The molecular formula is C14H15N3O2. The van der Waals surface area contributed by atoms with E-state index in [-0.39, 0.29) is 5.79 Å². The summed E-state index contributed by atoms with van der Waals surface area (Å²) in [4.78, 5) is 11.6. The molecule has 0 atom stereocenters. The maximum Gasteiger partial charge on any atom is 0.172 e. The van der Waals surface area contributed by atoms with Crippen molar-refractivity contribution in [3.8, 4) is 0 Å². The highest BCUT2D eigenvalue weighted by Crippen LogP contribution is 2.38. The van der Waals surface area contributed by atoms with Gasteiger partial charge in [0.25, 0.3) is 0 Å². The number of aromatic nitrogens is 3. The number of nitrogens with one attached hydrogen (secondary N) is 1. The van der Waals surface area contributed by atoms with Crippen LogP contribution in [0.25, 0.3) is 16.6 Å². The first-order valence-electron chi connectivity index (χ1n) is 6.61. The van der Waals surface area contributed by atoms with E-state index in [1.807, 2.05) is 6.20 Å². The molecule has 3 heterocycles. The van der Waals surface area contributed by atoms with Crippen LogP contribution >= 0.6 is 0 Å². The summed E-state index contributed by atoms with van der Waals surface area (Å²) in [6.07, 6.45) is 8.31. The lowest BCUT2D eigenvalue weighted by Gasteiger charge is -2.30. The van der Waals surface area contributed by atoms with Gasteiger partial charge in [-0.25, -0.2) is 9.97 Å². The Bertz CT molecular complexity index is 608. The molecule has 1 aliphatic heterocycles. The van der Waals surface area contributed by atoms with E-state index in [2.05, 4.69) is 27.1 Å². The first-order valence-corrected chi connectivity index (χ1v) is 6.61. The Balaban J connectivity index is 1.64. The second-order valence-electron chi connectivity index (χ2n) is 5.05. The summed E-state index contributed by atoms with van der Waals surface area (Å²) in [5.74, 6) is -0.352. The predicted octanol–water partition coefficient (Wildman–Crippen LogP) is 2.27. The van der Waals surface area contributed by atoms with Gasteiger partial charge in [-0.1, -0.05) is 6.08 Å². The van der Waals surface area contributed by atoms with Gasteiger partial charge in [0.1, 0.15) is 12.0 Å². The molecule has 0 radical (unpaired) electrons. The highest BCUT2D eigenvalue weighted by molar-refractivity contribution is 5.81. The summed E-state index contributed by atoms with van der Waals surface area (Å²) in [5.41, 5.74) is 3.32. The summed E-state index contributed by atoms with van der Waals surface area (Å²) < 4.78 is 11.5. The van der Waals surface area contributed by atoms with Crippen LogP contribution in [-0.2, 0) is 9.47 Å². The molecule has 1 spiro atoms. The number of rotatable bonds is 1. The average molecular weight is 257 g/mol. The zero-order valence-electron chi connectivity index (χ0n) is 10.6. The Morgan fingerprint density at radius 1 is 1.26 bits per heavy atom. The van der Waals surface area contributed by atoms with Gasteiger partial charge in [-0.15, -0.1) is 0 Å². The number of hydrogen-bond acceptors (Lipinski definition) is 4. The van der Waals surface area contributed by atoms with Crippen molar-refractivity contribution in [2.45, 2.75) is 25.0 Å². The van der Waals surface area contributed by atoms with Crippen molar-refractivity contribution < 1.29 is 9.47 Å². The summed E-state index contributed by atoms with van der Waals surface area (Å²) in [6, 6.07) is 2.11. The first-order chi connectivity index (χ1) is 9.35. The van der Waals surface area contributed by atoms with E-state index in [0.29, 0.717) is 13.2 Å². The Labute approximate surface area is 110 Å². The lowest BCUT2D eigenvalue weighted by molar-refractivity contribution is -0.159. The molecule has 4 rings (SSSR count). The van der Waals surface area contributed by atoms with Crippen molar-refractivity contribution in [1.82, 2.24) is 15.0 Å². The number of fused-ring (bicyclic) bond motifs is 1. The molecule has 0 amide bonds. The fourth-order valence-corrected chi connectivity index (χ4v) is 2.85. The van der Waals surface area contributed by atoms with Crippen LogP contribution in [0.3, 0.4) is 0 Å². The third-order valence-corrected chi connectivity index (χ3v) is 3.89. The third-order valence-electron chi connectivity index (χ3n) is 3.89. The molecular weight excluding hydrogens is 242 g/mol. The van der Waals surface area contributed by atoms with Crippen molar-refractivity contribution in [3.05, 3.63) is 30.4 Å². The molecule has 19 heavy (non-hydrogen) atoms. The number of allylic oxidation sites excluding steroid dienone is 1. The van der Waals surface area contributed by atoms with Gasteiger partial charge < -0.3 is 14.5 Å². The van der Waals surface area contributed by atoms with Crippen LogP contribution in [-0.4, -0.2) is 34.0 Å². The zero-order valence-corrected chi connectivity index (χ0v) is 10.6. The van der Waals surface area contributed by atoms with Gasteiger partial charge in [-0.3, -0.25) is 0 Å². The van der Waals surface area contributed by atoms with Crippen LogP contribution in [0.15, 0.2) is 24.7 Å². The monoisotopic (exact) mass is 257 g/mol. The molecule has 2 aromatic heterocycles. The molecule has 1 saturated heterocycles. The predicted molar refractivity (Wildman–Crippen MR) is 70.4 cm³/mol. The van der Waals surface area contributed by atoms with E-state index in [1.165, 1.54) is 5.57 Å². The Morgan fingerprint density at radius 2 is 2.16 bits per heavy atom. The molecule has 2 aromatic rings. The minimum atomic E-state index is -0.352. The molecule has 5 nitrogen and oxygen atoms in total. The standard InChI is InChI=1S/C14H15N3O2/c1-3-14(18-5-6-19-14)4-2-10(1)12-7-11-8-15-9-16-13(11)17-12/h1,7-9H,2-6H2,(H,15,16,17).